The lowest BCUT2D eigenvalue weighted by Crippen LogP contribution is -2.49. The number of nitrogens with two attached hydrogens (primary N) is 1. The van der Waals surface area contributed by atoms with E-state index in [1.165, 1.54) is 11.8 Å². The average Bonchev–Trinajstić information content (AvgIpc) is 3.15. The SMILES string of the molecule is CC(C)(C)n1ccnc1SCC(=O)N1CCN(c2ccc(C(N)=O)cc2)CC1. The Morgan fingerprint density at radius 2 is 1.75 bits per heavy atom. The number of thioether (sulfide) groups is 1. The second-order valence-corrected chi connectivity index (χ2v) is 8.76. The van der Waals surface area contributed by atoms with Gasteiger partial charge in [-0.05, 0) is 45.0 Å². The van der Waals surface area contributed by atoms with E-state index in [0.29, 0.717) is 24.4 Å². The molecular weight excluding hydrogens is 374 g/mol. The van der Waals surface area contributed by atoms with Gasteiger partial charge in [0.2, 0.25) is 11.8 Å². The van der Waals surface area contributed by atoms with Crippen LogP contribution < -0.4 is 10.6 Å². The number of hydrogen-bond acceptors (Lipinski definition) is 5. The summed E-state index contributed by atoms with van der Waals surface area (Å²) in [5, 5.41) is 0.869. The number of nitrogens with zero attached hydrogens (tertiary/aromatic N) is 4. The summed E-state index contributed by atoms with van der Waals surface area (Å²) in [5.74, 6) is 0.101. The maximum atomic E-state index is 12.6. The van der Waals surface area contributed by atoms with Crippen LogP contribution in [-0.4, -0.2) is 58.2 Å². The third-order valence-electron chi connectivity index (χ3n) is 4.80. The molecule has 0 spiro atoms. The molecule has 0 saturated carbocycles. The van der Waals surface area contributed by atoms with E-state index in [1.54, 1.807) is 18.3 Å². The number of imidazole rings is 1. The maximum absolute atomic E-state index is 12.6. The lowest BCUT2D eigenvalue weighted by atomic mass is 10.1. The summed E-state index contributed by atoms with van der Waals surface area (Å²) in [6, 6.07) is 7.28. The standard InChI is InChI=1S/C20H27N5O2S/c1-20(2,3)25-9-8-22-19(25)28-14-17(26)24-12-10-23(11-13-24)16-6-4-15(5-7-16)18(21)27/h4-9H,10-14H2,1-3H3,(H2,21,27). The third-order valence-corrected chi connectivity index (χ3v) is 5.76. The Hall–Kier alpha value is -2.48. The highest BCUT2D eigenvalue weighted by molar-refractivity contribution is 7.99. The van der Waals surface area contributed by atoms with Gasteiger partial charge in [-0.3, -0.25) is 9.59 Å². The summed E-state index contributed by atoms with van der Waals surface area (Å²) in [6.45, 7) is 9.27. The fraction of sp³-hybridized carbons (Fsp3) is 0.450. The maximum Gasteiger partial charge on any atom is 0.248 e. The molecule has 1 fully saturated rings. The molecule has 150 valence electrons. The van der Waals surface area contributed by atoms with Crippen molar-refractivity contribution in [2.24, 2.45) is 5.73 Å². The Labute approximate surface area is 169 Å². The number of benzene rings is 1. The Balaban J connectivity index is 1.51. The molecule has 0 bridgehead atoms. The van der Waals surface area contributed by atoms with E-state index in [1.807, 2.05) is 23.2 Å². The van der Waals surface area contributed by atoms with Gasteiger partial charge in [-0.15, -0.1) is 0 Å². The van der Waals surface area contributed by atoms with Crippen molar-refractivity contribution in [3.05, 3.63) is 42.2 Å². The number of piperazine rings is 1. The second-order valence-electron chi connectivity index (χ2n) is 7.82. The van der Waals surface area contributed by atoms with E-state index < -0.39 is 5.91 Å². The number of rotatable bonds is 5. The zero-order chi connectivity index (χ0) is 20.3. The summed E-state index contributed by atoms with van der Waals surface area (Å²) >= 11 is 1.49. The second kappa shape index (κ2) is 8.26. The van der Waals surface area contributed by atoms with Crippen LogP contribution in [0, 0.1) is 0 Å². The molecule has 2 heterocycles. The third kappa shape index (κ3) is 4.67. The fourth-order valence-corrected chi connectivity index (χ4v) is 4.22. The van der Waals surface area contributed by atoms with Crippen LogP contribution in [0.2, 0.25) is 0 Å². The molecule has 2 amide bonds. The van der Waals surface area contributed by atoms with Crippen LogP contribution in [0.3, 0.4) is 0 Å². The first-order chi connectivity index (χ1) is 13.3. The van der Waals surface area contributed by atoms with Crippen molar-refractivity contribution in [3.8, 4) is 0 Å². The van der Waals surface area contributed by atoms with Crippen LogP contribution in [-0.2, 0) is 10.3 Å². The zero-order valence-corrected chi connectivity index (χ0v) is 17.4. The van der Waals surface area contributed by atoms with E-state index in [4.69, 9.17) is 5.73 Å². The van der Waals surface area contributed by atoms with Crippen molar-refractivity contribution in [2.45, 2.75) is 31.5 Å². The normalized spacial score (nSPS) is 15.0. The largest absolute Gasteiger partial charge is 0.368 e. The number of carbonyl (C=O) groups is 2. The minimum absolute atomic E-state index is 0.0580. The van der Waals surface area contributed by atoms with Crippen LogP contribution in [0.1, 0.15) is 31.1 Å². The quantitative estimate of drug-likeness (QED) is 0.777. The van der Waals surface area contributed by atoms with Crippen LogP contribution in [0.15, 0.2) is 41.8 Å². The summed E-state index contributed by atoms with van der Waals surface area (Å²) < 4.78 is 2.10. The van der Waals surface area contributed by atoms with Crippen molar-refractivity contribution in [3.63, 3.8) is 0 Å². The highest BCUT2D eigenvalue weighted by Crippen LogP contribution is 2.24. The molecule has 1 aliphatic heterocycles. The van der Waals surface area contributed by atoms with E-state index in [0.717, 1.165) is 23.9 Å². The van der Waals surface area contributed by atoms with Crippen molar-refractivity contribution in [2.75, 3.05) is 36.8 Å². The van der Waals surface area contributed by atoms with Gasteiger partial charge in [-0.1, -0.05) is 11.8 Å². The van der Waals surface area contributed by atoms with E-state index in [-0.39, 0.29) is 11.4 Å². The monoisotopic (exact) mass is 401 g/mol. The van der Waals surface area contributed by atoms with Gasteiger partial charge in [0.05, 0.1) is 5.75 Å². The predicted molar refractivity (Wildman–Crippen MR) is 112 cm³/mol. The average molecular weight is 402 g/mol. The first-order valence-corrected chi connectivity index (χ1v) is 10.3. The molecular formula is C20H27N5O2S. The Bertz CT molecular complexity index is 833. The summed E-state index contributed by atoms with van der Waals surface area (Å²) in [5.41, 5.74) is 6.77. The number of primary amides is 1. The smallest absolute Gasteiger partial charge is 0.248 e. The molecule has 7 nitrogen and oxygen atoms in total. The van der Waals surface area contributed by atoms with Crippen LogP contribution in [0.25, 0.3) is 0 Å². The van der Waals surface area contributed by atoms with Crippen molar-refractivity contribution >= 4 is 29.3 Å². The highest BCUT2D eigenvalue weighted by Gasteiger charge is 2.23. The minimum atomic E-state index is -0.424. The Morgan fingerprint density at radius 3 is 2.32 bits per heavy atom. The highest BCUT2D eigenvalue weighted by atomic mass is 32.2. The first kappa shape index (κ1) is 20.3. The number of carbonyl (C=O) groups excluding carboxylic acids is 2. The first-order valence-electron chi connectivity index (χ1n) is 9.35. The zero-order valence-electron chi connectivity index (χ0n) is 16.6. The van der Waals surface area contributed by atoms with Gasteiger partial charge >= 0.3 is 0 Å². The van der Waals surface area contributed by atoms with E-state index in [2.05, 4.69) is 35.2 Å². The lowest BCUT2D eigenvalue weighted by molar-refractivity contribution is -0.128. The topological polar surface area (TPSA) is 84.5 Å². The van der Waals surface area contributed by atoms with Gasteiger partial charge < -0.3 is 20.1 Å². The van der Waals surface area contributed by atoms with Gasteiger partial charge in [-0.25, -0.2) is 4.98 Å². The number of hydrogen-bond donors (Lipinski definition) is 1. The van der Waals surface area contributed by atoms with Crippen LogP contribution >= 0.6 is 11.8 Å². The van der Waals surface area contributed by atoms with Gasteiger partial charge in [0.1, 0.15) is 0 Å². The van der Waals surface area contributed by atoms with Crippen molar-refractivity contribution in [1.82, 2.24) is 14.5 Å². The van der Waals surface area contributed by atoms with Crippen molar-refractivity contribution in [1.29, 1.82) is 0 Å². The molecule has 28 heavy (non-hydrogen) atoms. The molecule has 0 aliphatic carbocycles. The number of anilines is 1. The molecule has 2 N–H and O–H groups in total. The minimum Gasteiger partial charge on any atom is -0.368 e. The van der Waals surface area contributed by atoms with Crippen LogP contribution in [0.4, 0.5) is 5.69 Å². The molecule has 1 aromatic heterocycles. The molecule has 0 atom stereocenters. The van der Waals surface area contributed by atoms with Gasteiger partial charge in [0.15, 0.2) is 5.16 Å². The molecule has 2 aromatic rings. The van der Waals surface area contributed by atoms with E-state index >= 15 is 0 Å². The fourth-order valence-electron chi connectivity index (χ4n) is 3.18. The summed E-state index contributed by atoms with van der Waals surface area (Å²) in [6.07, 6.45) is 3.73. The predicted octanol–water partition coefficient (Wildman–Crippen LogP) is 2.18. The molecule has 0 radical (unpaired) electrons. The Kier molecular flexibility index (Phi) is 5.98. The Morgan fingerprint density at radius 1 is 1.11 bits per heavy atom. The molecule has 0 unspecified atom stereocenters. The number of amides is 2. The molecule has 1 aliphatic rings. The molecule has 3 rings (SSSR count). The molecule has 1 saturated heterocycles. The van der Waals surface area contributed by atoms with Gasteiger partial charge in [0.25, 0.3) is 0 Å². The van der Waals surface area contributed by atoms with Gasteiger partial charge in [-0.2, -0.15) is 0 Å². The van der Waals surface area contributed by atoms with Crippen molar-refractivity contribution < 1.29 is 9.59 Å². The molecule has 8 heteroatoms. The molecule has 1 aromatic carbocycles. The number of aromatic nitrogens is 2. The lowest BCUT2D eigenvalue weighted by Gasteiger charge is -2.36. The summed E-state index contributed by atoms with van der Waals surface area (Å²) in [4.78, 5) is 32.3. The van der Waals surface area contributed by atoms with Gasteiger partial charge in [0, 0.05) is 55.4 Å². The van der Waals surface area contributed by atoms with E-state index in [9.17, 15) is 9.59 Å². The van der Waals surface area contributed by atoms with Crippen LogP contribution in [0.5, 0.6) is 0 Å². The summed E-state index contributed by atoms with van der Waals surface area (Å²) in [7, 11) is 0.